The summed E-state index contributed by atoms with van der Waals surface area (Å²) in [4.78, 5) is 0. The number of unbranched alkanes of at least 4 members (excludes halogenated alkanes) is 8. The molecule has 1 rings (SSSR count). The molecule has 1 aliphatic carbocycles. The fourth-order valence-electron chi connectivity index (χ4n) is 4.36. The lowest BCUT2D eigenvalue weighted by Crippen LogP contribution is -2.33. The molecule has 0 atom stereocenters. The third kappa shape index (κ3) is 10.9. The second-order valence-electron chi connectivity index (χ2n) is 8.87. The van der Waals surface area contributed by atoms with Crippen LogP contribution in [0.2, 0.25) is 24.7 Å². The Morgan fingerprint density at radius 1 is 0.708 bits per heavy atom. The van der Waals surface area contributed by atoms with Gasteiger partial charge in [-0.1, -0.05) is 110 Å². The van der Waals surface area contributed by atoms with Gasteiger partial charge in [-0.3, -0.25) is 0 Å². The van der Waals surface area contributed by atoms with E-state index >= 15 is 0 Å². The molecule has 0 radical (unpaired) electrons. The molecule has 1 saturated carbocycles. The minimum absolute atomic E-state index is 0.914. The topological polar surface area (TPSA) is 9.23 Å². The van der Waals surface area contributed by atoms with Crippen molar-refractivity contribution in [3.8, 4) is 0 Å². The van der Waals surface area contributed by atoms with Crippen LogP contribution in [0.5, 0.6) is 0 Å². The van der Waals surface area contributed by atoms with E-state index in [4.69, 9.17) is 4.74 Å². The predicted octanol–water partition coefficient (Wildman–Crippen LogP) is 7.97. The van der Waals surface area contributed by atoms with Gasteiger partial charge in [0, 0.05) is 13.2 Å². The first-order valence-electron chi connectivity index (χ1n) is 11.2. The molecule has 0 aromatic rings. The molecule has 0 heterocycles. The first-order chi connectivity index (χ1) is 11.7. The zero-order valence-electron chi connectivity index (χ0n) is 17.2. The van der Waals surface area contributed by atoms with Crippen LogP contribution in [0, 0.1) is 0 Å². The van der Waals surface area contributed by atoms with E-state index in [0.717, 1.165) is 25.2 Å². The van der Waals surface area contributed by atoms with Crippen LogP contribution < -0.4 is 0 Å². The third-order valence-corrected chi connectivity index (χ3v) is 10.6. The van der Waals surface area contributed by atoms with Crippen LogP contribution in [0.4, 0.5) is 0 Å². The summed E-state index contributed by atoms with van der Waals surface area (Å²) < 4.78 is 5.53. The highest BCUT2D eigenvalue weighted by molar-refractivity contribution is 6.78. The second kappa shape index (κ2) is 14.4. The van der Waals surface area contributed by atoms with Crippen LogP contribution >= 0.6 is 0 Å². The summed E-state index contributed by atoms with van der Waals surface area (Å²) in [6.07, 6.45) is 21.7. The molecule has 0 unspecified atom stereocenters. The molecule has 0 bridgehead atoms. The molecule has 1 fully saturated rings. The Balaban J connectivity index is 1.84. The van der Waals surface area contributed by atoms with Gasteiger partial charge in [0.25, 0.3) is 0 Å². The summed E-state index contributed by atoms with van der Waals surface area (Å²) >= 11 is 0. The Morgan fingerprint density at radius 2 is 1.25 bits per heavy atom. The summed E-state index contributed by atoms with van der Waals surface area (Å²) in [6.45, 7) is 9.45. The average molecular weight is 355 g/mol. The Kier molecular flexibility index (Phi) is 13.3. The van der Waals surface area contributed by atoms with Gasteiger partial charge >= 0.3 is 0 Å². The highest BCUT2D eigenvalue weighted by Gasteiger charge is 2.31. The van der Waals surface area contributed by atoms with Crippen molar-refractivity contribution in [3.63, 3.8) is 0 Å². The van der Waals surface area contributed by atoms with E-state index in [1.54, 1.807) is 18.9 Å². The zero-order valence-corrected chi connectivity index (χ0v) is 18.2. The minimum Gasteiger partial charge on any atom is -0.381 e. The molecular formula is C22H46OSi. The van der Waals surface area contributed by atoms with Crippen LogP contribution in [-0.2, 0) is 4.74 Å². The Labute approximate surface area is 154 Å². The number of rotatable bonds is 15. The Morgan fingerprint density at radius 3 is 1.83 bits per heavy atom. The van der Waals surface area contributed by atoms with Crippen LogP contribution in [0.25, 0.3) is 0 Å². The smallest absolute Gasteiger partial charge is 0.0504 e. The van der Waals surface area contributed by atoms with E-state index in [2.05, 4.69) is 20.0 Å². The highest BCUT2D eigenvalue weighted by atomic mass is 28.3. The average Bonchev–Trinajstić information content (AvgIpc) is 2.60. The normalized spacial score (nSPS) is 16.6. The second-order valence-corrected chi connectivity index (χ2v) is 14.2. The standard InChI is InChI=1S/C22H46OSi/c1-4-19-23-20-15-10-8-6-5-7-9-11-16-21-24(2,3)22-17-13-12-14-18-22/h22H,4-21H2,1-3H3. The van der Waals surface area contributed by atoms with E-state index in [-0.39, 0.29) is 0 Å². The van der Waals surface area contributed by atoms with E-state index in [0.29, 0.717) is 0 Å². The number of ether oxygens (including phenoxy) is 1. The SMILES string of the molecule is CCCOCCCCCCCCCCC[Si](C)(C)C1CCCCC1. The Bertz CT molecular complexity index is 271. The molecule has 0 aromatic heterocycles. The van der Waals surface area contributed by atoms with Gasteiger partial charge in [-0.25, -0.2) is 0 Å². The van der Waals surface area contributed by atoms with Crippen molar-refractivity contribution in [2.24, 2.45) is 0 Å². The van der Waals surface area contributed by atoms with Crippen LogP contribution in [0.15, 0.2) is 0 Å². The largest absolute Gasteiger partial charge is 0.381 e. The molecular weight excluding hydrogens is 308 g/mol. The highest BCUT2D eigenvalue weighted by Crippen LogP contribution is 2.39. The fraction of sp³-hybridized carbons (Fsp3) is 1.00. The van der Waals surface area contributed by atoms with E-state index < -0.39 is 8.07 Å². The lowest BCUT2D eigenvalue weighted by Gasteiger charge is -2.35. The van der Waals surface area contributed by atoms with E-state index in [9.17, 15) is 0 Å². The molecule has 0 saturated heterocycles. The van der Waals surface area contributed by atoms with Crippen LogP contribution in [-0.4, -0.2) is 21.3 Å². The molecule has 1 nitrogen and oxygen atoms in total. The summed E-state index contributed by atoms with van der Waals surface area (Å²) in [5.41, 5.74) is 1.15. The minimum atomic E-state index is -0.914. The molecule has 24 heavy (non-hydrogen) atoms. The summed E-state index contributed by atoms with van der Waals surface area (Å²) in [7, 11) is -0.914. The molecule has 144 valence electrons. The monoisotopic (exact) mass is 354 g/mol. The quantitative estimate of drug-likeness (QED) is 0.214. The first-order valence-corrected chi connectivity index (χ1v) is 14.5. The van der Waals surface area contributed by atoms with Gasteiger partial charge in [0.15, 0.2) is 0 Å². The van der Waals surface area contributed by atoms with Gasteiger partial charge in [-0.15, -0.1) is 0 Å². The molecule has 0 aliphatic heterocycles. The lowest BCUT2D eigenvalue weighted by atomic mass is 10.0. The van der Waals surface area contributed by atoms with Crippen LogP contribution in [0.3, 0.4) is 0 Å². The maximum Gasteiger partial charge on any atom is 0.0504 e. The predicted molar refractivity (Wildman–Crippen MR) is 112 cm³/mol. The van der Waals surface area contributed by atoms with Crippen molar-refractivity contribution < 1.29 is 4.74 Å². The van der Waals surface area contributed by atoms with Gasteiger partial charge < -0.3 is 4.74 Å². The van der Waals surface area contributed by atoms with Crippen molar-refractivity contribution in [1.29, 1.82) is 0 Å². The molecule has 0 N–H and O–H groups in total. The third-order valence-electron chi connectivity index (χ3n) is 6.17. The van der Waals surface area contributed by atoms with Gasteiger partial charge in [0.2, 0.25) is 0 Å². The maximum atomic E-state index is 5.53. The fourth-order valence-corrected chi connectivity index (χ4v) is 7.90. The van der Waals surface area contributed by atoms with Gasteiger partial charge in [-0.05, 0) is 18.4 Å². The first kappa shape index (κ1) is 22.2. The Hall–Kier alpha value is 0.177. The lowest BCUT2D eigenvalue weighted by molar-refractivity contribution is 0.130. The van der Waals surface area contributed by atoms with Gasteiger partial charge in [0.05, 0.1) is 8.07 Å². The molecule has 0 aromatic carbocycles. The van der Waals surface area contributed by atoms with Crippen molar-refractivity contribution >= 4 is 8.07 Å². The van der Waals surface area contributed by atoms with Crippen molar-refractivity contribution in [1.82, 2.24) is 0 Å². The number of hydrogen-bond acceptors (Lipinski definition) is 1. The number of hydrogen-bond donors (Lipinski definition) is 0. The van der Waals surface area contributed by atoms with Crippen molar-refractivity contribution in [2.45, 2.75) is 128 Å². The molecule has 0 spiro atoms. The summed E-state index contributed by atoms with van der Waals surface area (Å²) in [5.74, 6) is 0. The summed E-state index contributed by atoms with van der Waals surface area (Å²) in [6, 6.07) is 1.59. The summed E-state index contributed by atoms with van der Waals surface area (Å²) in [5, 5.41) is 0. The maximum absolute atomic E-state index is 5.53. The van der Waals surface area contributed by atoms with Crippen LogP contribution in [0.1, 0.15) is 103 Å². The molecule has 0 amide bonds. The molecule has 1 aliphatic rings. The van der Waals surface area contributed by atoms with E-state index in [1.807, 2.05) is 0 Å². The zero-order chi connectivity index (χ0) is 17.5. The van der Waals surface area contributed by atoms with Gasteiger partial charge in [-0.2, -0.15) is 0 Å². The van der Waals surface area contributed by atoms with E-state index in [1.165, 1.54) is 77.0 Å². The van der Waals surface area contributed by atoms with Crippen molar-refractivity contribution in [2.75, 3.05) is 13.2 Å². The van der Waals surface area contributed by atoms with Gasteiger partial charge in [0.1, 0.15) is 0 Å². The van der Waals surface area contributed by atoms with Crippen molar-refractivity contribution in [3.05, 3.63) is 0 Å². The molecule has 2 heteroatoms.